The number of hydrogen-bond donors (Lipinski definition) is 2. The number of aliphatic hydroxyl groups is 1. The molecule has 0 bridgehead atoms. The van der Waals surface area contributed by atoms with Gasteiger partial charge in [-0.25, -0.2) is 13.6 Å². The van der Waals surface area contributed by atoms with Gasteiger partial charge in [0.25, 0.3) is 0 Å². The van der Waals surface area contributed by atoms with E-state index in [0.29, 0.717) is 0 Å². The summed E-state index contributed by atoms with van der Waals surface area (Å²) in [7, 11) is 2.71. The van der Waals surface area contributed by atoms with Crippen molar-refractivity contribution in [2.75, 3.05) is 26.0 Å². The molecule has 5 nitrogen and oxygen atoms in total. The smallest absolute Gasteiger partial charge is 0.321 e. The third-order valence-electron chi connectivity index (χ3n) is 3.46. The Morgan fingerprint density at radius 3 is 2.71 bits per heavy atom. The van der Waals surface area contributed by atoms with Crippen LogP contribution in [-0.2, 0) is 0 Å². The summed E-state index contributed by atoms with van der Waals surface area (Å²) >= 11 is 0. The zero-order chi connectivity index (χ0) is 15.6. The molecule has 2 amide bonds. The standard InChI is InChI=1S/C14H18F2N2O3/c1-18(7-12(19)8-3-4-8)14(20)17-11-5-10(16)13(21-2)6-9(11)15/h5-6,8,12,19H,3-4,7H2,1-2H3,(H,17,20). The van der Waals surface area contributed by atoms with E-state index in [-0.39, 0.29) is 23.9 Å². The zero-order valence-electron chi connectivity index (χ0n) is 11.9. The van der Waals surface area contributed by atoms with Crippen molar-refractivity contribution >= 4 is 11.7 Å². The van der Waals surface area contributed by atoms with E-state index in [1.807, 2.05) is 0 Å². The van der Waals surface area contributed by atoms with Crippen LogP contribution in [0.4, 0.5) is 19.3 Å². The van der Waals surface area contributed by atoms with E-state index >= 15 is 0 Å². The second-order valence-corrected chi connectivity index (χ2v) is 5.18. The number of benzene rings is 1. The zero-order valence-corrected chi connectivity index (χ0v) is 11.9. The van der Waals surface area contributed by atoms with E-state index in [0.717, 1.165) is 25.0 Å². The molecule has 116 valence electrons. The number of methoxy groups -OCH3 is 1. The van der Waals surface area contributed by atoms with Gasteiger partial charge in [0.05, 0.1) is 18.9 Å². The van der Waals surface area contributed by atoms with Crippen LogP contribution in [0.1, 0.15) is 12.8 Å². The molecule has 2 N–H and O–H groups in total. The summed E-state index contributed by atoms with van der Waals surface area (Å²) in [6.45, 7) is 0.150. The van der Waals surface area contributed by atoms with Crippen LogP contribution in [0.25, 0.3) is 0 Å². The van der Waals surface area contributed by atoms with Crippen molar-refractivity contribution in [3.63, 3.8) is 0 Å². The molecule has 0 radical (unpaired) electrons. The van der Waals surface area contributed by atoms with Crippen molar-refractivity contribution in [3.8, 4) is 5.75 Å². The summed E-state index contributed by atoms with van der Waals surface area (Å²) in [4.78, 5) is 13.1. The van der Waals surface area contributed by atoms with Crippen LogP contribution in [0.15, 0.2) is 12.1 Å². The van der Waals surface area contributed by atoms with E-state index in [4.69, 9.17) is 0 Å². The Balaban J connectivity index is 1.99. The van der Waals surface area contributed by atoms with Gasteiger partial charge in [-0.3, -0.25) is 0 Å². The number of halogens is 2. The monoisotopic (exact) mass is 300 g/mol. The molecule has 1 fully saturated rings. The summed E-state index contributed by atoms with van der Waals surface area (Å²) in [5.74, 6) is -1.56. The van der Waals surface area contributed by atoms with Gasteiger partial charge in [-0.05, 0) is 18.8 Å². The second-order valence-electron chi connectivity index (χ2n) is 5.18. The van der Waals surface area contributed by atoms with Gasteiger partial charge in [-0.1, -0.05) is 0 Å². The number of ether oxygens (including phenoxy) is 1. The van der Waals surface area contributed by atoms with Crippen LogP contribution in [0.3, 0.4) is 0 Å². The highest BCUT2D eigenvalue weighted by molar-refractivity contribution is 5.89. The number of carbonyl (C=O) groups excluding carboxylic acids is 1. The van der Waals surface area contributed by atoms with E-state index in [9.17, 15) is 18.7 Å². The molecule has 0 aliphatic heterocycles. The van der Waals surface area contributed by atoms with Gasteiger partial charge in [0.2, 0.25) is 0 Å². The summed E-state index contributed by atoms with van der Waals surface area (Å²) in [5.41, 5.74) is -0.272. The van der Waals surface area contributed by atoms with Crippen LogP contribution < -0.4 is 10.1 Å². The Morgan fingerprint density at radius 1 is 1.48 bits per heavy atom. The fraction of sp³-hybridized carbons (Fsp3) is 0.500. The molecule has 1 saturated carbocycles. The average Bonchev–Trinajstić information content (AvgIpc) is 3.26. The Morgan fingerprint density at radius 2 is 2.14 bits per heavy atom. The lowest BCUT2D eigenvalue weighted by Crippen LogP contribution is -2.38. The minimum atomic E-state index is -0.794. The number of likely N-dealkylation sites (N-methyl/N-ethyl adjacent to an activating group) is 1. The molecule has 7 heteroatoms. The maximum atomic E-state index is 13.7. The van der Waals surface area contributed by atoms with Crippen LogP contribution >= 0.6 is 0 Å². The number of carbonyl (C=O) groups is 1. The summed E-state index contributed by atoms with van der Waals surface area (Å²) in [6, 6.07) is 1.11. The van der Waals surface area contributed by atoms with Gasteiger partial charge >= 0.3 is 6.03 Å². The Kier molecular flexibility index (Phi) is 4.62. The van der Waals surface area contributed by atoms with Gasteiger partial charge in [-0.15, -0.1) is 0 Å². The predicted molar refractivity (Wildman–Crippen MR) is 73.3 cm³/mol. The normalized spacial score (nSPS) is 15.5. The van der Waals surface area contributed by atoms with Crippen molar-refractivity contribution in [2.45, 2.75) is 18.9 Å². The van der Waals surface area contributed by atoms with E-state index in [1.165, 1.54) is 19.1 Å². The fourth-order valence-electron chi connectivity index (χ4n) is 1.99. The third-order valence-corrected chi connectivity index (χ3v) is 3.46. The lowest BCUT2D eigenvalue weighted by atomic mass is 10.2. The first-order valence-electron chi connectivity index (χ1n) is 6.65. The number of rotatable bonds is 5. The minimum absolute atomic E-state index is 0.150. The largest absolute Gasteiger partial charge is 0.494 e. The second kappa shape index (κ2) is 6.26. The number of anilines is 1. The van der Waals surface area contributed by atoms with Crippen molar-refractivity contribution in [2.24, 2.45) is 5.92 Å². The van der Waals surface area contributed by atoms with E-state index in [2.05, 4.69) is 10.1 Å². The molecule has 2 rings (SSSR count). The average molecular weight is 300 g/mol. The SMILES string of the molecule is COc1cc(F)c(NC(=O)N(C)CC(O)C2CC2)cc1F. The summed E-state index contributed by atoms with van der Waals surface area (Å²) in [6.07, 6.45) is 1.32. The molecule has 1 atom stereocenters. The molecule has 1 aromatic carbocycles. The lowest BCUT2D eigenvalue weighted by Gasteiger charge is -2.21. The number of nitrogens with zero attached hydrogens (tertiary/aromatic N) is 1. The Hall–Kier alpha value is -1.89. The molecule has 1 unspecified atom stereocenters. The van der Waals surface area contributed by atoms with Crippen LogP contribution in [0.2, 0.25) is 0 Å². The lowest BCUT2D eigenvalue weighted by molar-refractivity contribution is 0.117. The van der Waals surface area contributed by atoms with Gasteiger partial charge in [-0.2, -0.15) is 0 Å². The van der Waals surface area contributed by atoms with Gasteiger partial charge in [0, 0.05) is 25.7 Å². The first-order valence-corrected chi connectivity index (χ1v) is 6.65. The van der Waals surface area contributed by atoms with Crippen LogP contribution in [0, 0.1) is 17.6 Å². The highest BCUT2D eigenvalue weighted by atomic mass is 19.1. The predicted octanol–water partition coefficient (Wildman–Crippen LogP) is 2.21. The highest BCUT2D eigenvalue weighted by Gasteiger charge is 2.31. The topological polar surface area (TPSA) is 61.8 Å². The molecule has 0 aromatic heterocycles. The molecular weight excluding hydrogens is 282 g/mol. The van der Waals surface area contributed by atoms with Crippen LogP contribution in [0.5, 0.6) is 5.75 Å². The molecule has 0 heterocycles. The Labute approximate surface area is 121 Å². The molecule has 1 aliphatic carbocycles. The third kappa shape index (κ3) is 3.81. The van der Waals surface area contributed by atoms with Crippen molar-refractivity contribution in [3.05, 3.63) is 23.8 Å². The molecule has 1 aromatic rings. The number of amides is 2. The number of hydrogen-bond acceptors (Lipinski definition) is 3. The van der Waals surface area contributed by atoms with E-state index < -0.39 is 23.8 Å². The Bertz CT molecular complexity index is 535. The first-order chi connectivity index (χ1) is 9.92. The molecule has 0 saturated heterocycles. The molecule has 21 heavy (non-hydrogen) atoms. The number of aliphatic hydroxyl groups excluding tert-OH is 1. The highest BCUT2D eigenvalue weighted by Crippen LogP contribution is 2.32. The van der Waals surface area contributed by atoms with Crippen molar-refractivity contribution in [1.82, 2.24) is 4.90 Å². The van der Waals surface area contributed by atoms with Crippen molar-refractivity contribution in [1.29, 1.82) is 0 Å². The number of nitrogens with one attached hydrogen (secondary N) is 1. The van der Waals surface area contributed by atoms with Crippen molar-refractivity contribution < 1.29 is 23.4 Å². The molecule has 0 spiro atoms. The van der Waals surface area contributed by atoms with Gasteiger partial charge in [0.15, 0.2) is 17.4 Å². The van der Waals surface area contributed by atoms with E-state index in [1.54, 1.807) is 0 Å². The van der Waals surface area contributed by atoms with Gasteiger partial charge < -0.3 is 20.1 Å². The van der Waals surface area contributed by atoms with Crippen LogP contribution in [-0.4, -0.2) is 42.8 Å². The summed E-state index contributed by atoms with van der Waals surface area (Å²) < 4.78 is 31.9. The maximum absolute atomic E-state index is 13.7. The molecule has 1 aliphatic rings. The minimum Gasteiger partial charge on any atom is -0.494 e. The maximum Gasteiger partial charge on any atom is 0.321 e. The fourth-order valence-corrected chi connectivity index (χ4v) is 1.99. The first kappa shape index (κ1) is 15.5. The quantitative estimate of drug-likeness (QED) is 0.876. The van der Waals surface area contributed by atoms with Gasteiger partial charge in [0.1, 0.15) is 0 Å². The number of urea groups is 1. The molecular formula is C14H18F2N2O3. The summed E-state index contributed by atoms with van der Waals surface area (Å²) in [5, 5.41) is 12.0.